The topological polar surface area (TPSA) is 96.2 Å². The zero-order chi connectivity index (χ0) is 12.4. The van der Waals surface area contributed by atoms with Gasteiger partial charge in [0.25, 0.3) is 0 Å². The first kappa shape index (κ1) is 11.7. The highest BCUT2D eigenvalue weighted by atomic mass is 35.5. The zero-order valence-corrected chi connectivity index (χ0v) is 9.54. The molecule has 1 atom stereocenters. The number of benzene rings is 1. The second-order valence-electron chi connectivity index (χ2n) is 3.68. The van der Waals surface area contributed by atoms with Gasteiger partial charge in [0.1, 0.15) is 6.04 Å². The molecule has 0 bridgehead atoms. The molecule has 0 radical (unpaired) electrons. The molecule has 1 heterocycles. The van der Waals surface area contributed by atoms with Crippen LogP contribution in [-0.4, -0.2) is 17.9 Å². The number of nitrogen functional groups attached to an aromatic ring is 1. The summed E-state index contributed by atoms with van der Waals surface area (Å²) in [6.45, 7) is 0. The molecular weight excluding hydrogens is 244 g/mol. The molecule has 1 aromatic carbocycles. The maximum atomic E-state index is 11.7. The van der Waals surface area contributed by atoms with Crippen LogP contribution in [0, 0.1) is 0 Å². The molecule has 7 heteroatoms. The van der Waals surface area contributed by atoms with Gasteiger partial charge in [0.2, 0.25) is 11.8 Å². The van der Waals surface area contributed by atoms with Crippen LogP contribution < -0.4 is 21.9 Å². The molecule has 2 amide bonds. The van der Waals surface area contributed by atoms with Crippen molar-refractivity contribution in [1.29, 1.82) is 0 Å². The number of nitrogens with one attached hydrogen (secondary N) is 3. The number of carbonyl (C=O) groups is 2. The molecule has 5 N–H and O–H groups in total. The molecule has 17 heavy (non-hydrogen) atoms. The van der Waals surface area contributed by atoms with Crippen molar-refractivity contribution in [3.05, 3.63) is 23.2 Å². The highest BCUT2D eigenvalue weighted by Crippen LogP contribution is 2.24. The van der Waals surface area contributed by atoms with E-state index in [4.69, 9.17) is 17.3 Å². The lowest BCUT2D eigenvalue weighted by atomic mass is 10.2. The van der Waals surface area contributed by atoms with Crippen molar-refractivity contribution in [3.63, 3.8) is 0 Å². The molecule has 1 saturated heterocycles. The summed E-state index contributed by atoms with van der Waals surface area (Å²) in [5, 5.41) is 2.98. The second kappa shape index (κ2) is 4.60. The van der Waals surface area contributed by atoms with Gasteiger partial charge in [-0.05, 0) is 18.2 Å². The van der Waals surface area contributed by atoms with Gasteiger partial charge in [-0.15, -0.1) is 0 Å². The van der Waals surface area contributed by atoms with E-state index in [1.807, 2.05) is 0 Å². The Kier molecular flexibility index (Phi) is 3.16. The monoisotopic (exact) mass is 254 g/mol. The Morgan fingerprint density at radius 1 is 1.53 bits per heavy atom. The van der Waals surface area contributed by atoms with E-state index < -0.39 is 6.04 Å². The Labute approximate surface area is 102 Å². The van der Waals surface area contributed by atoms with E-state index in [1.54, 1.807) is 18.2 Å². The molecule has 1 fully saturated rings. The van der Waals surface area contributed by atoms with E-state index in [9.17, 15) is 9.59 Å². The SMILES string of the molecule is Nc1ccc(NC(=O)C2CC(=O)NN2)c(Cl)c1. The average Bonchev–Trinajstić information content (AvgIpc) is 2.69. The minimum atomic E-state index is -0.587. The molecule has 0 saturated carbocycles. The minimum absolute atomic E-state index is 0.110. The minimum Gasteiger partial charge on any atom is -0.399 e. The van der Waals surface area contributed by atoms with Gasteiger partial charge in [-0.2, -0.15) is 0 Å². The smallest absolute Gasteiger partial charge is 0.243 e. The van der Waals surface area contributed by atoms with Crippen LogP contribution in [0.2, 0.25) is 5.02 Å². The molecule has 1 aliphatic rings. The predicted octanol–water partition coefficient (Wildman–Crippen LogP) is 0.254. The molecule has 6 nitrogen and oxygen atoms in total. The molecular formula is C10H11ClN4O2. The molecule has 2 rings (SSSR count). The Bertz CT molecular complexity index is 477. The number of anilines is 2. The Morgan fingerprint density at radius 3 is 2.88 bits per heavy atom. The number of hydrogen-bond acceptors (Lipinski definition) is 4. The van der Waals surface area contributed by atoms with Gasteiger partial charge >= 0.3 is 0 Å². The summed E-state index contributed by atoms with van der Waals surface area (Å²) in [6.07, 6.45) is 0.110. The number of rotatable bonds is 2. The lowest BCUT2D eigenvalue weighted by Gasteiger charge is -2.11. The van der Waals surface area contributed by atoms with Crippen LogP contribution in [0.15, 0.2) is 18.2 Å². The molecule has 1 unspecified atom stereocenters. The van der Waals surface area contributed by atoms with Crippen LogP contribution in [0.4, 0.5) is 11.4 Å². The van der Waals surface area contributed by atoms with Gasteiger partial charge in [-0.25, -0.2) is 5.43 Å². The Morgan fingerprint density at radius 2 is 2.29 bits per heavy atom. The summed E-state index contributed by atoms with van der Waals surface area (Å²) in [5.74, 6) is -0.538. The Hall–Kier alpha value is -1.79. The first-order chi connectivity index (χ1) is 8.06. The fourth-order valence-corrected chi connectivity index (χ4v) is 1.70. The predicted molar refractivity (Wildman–Crippen MR) is 64.2 cm³/mol. The number of halogens is 1. The normalized spacial score (nSPS) is 18.9. The first-order valence-electron chi connectivity index (χ1n) is 4.96. The summed E-state index contributed by atoms with van der Waals surface area (Å²) >= 11 is 5.91. The van der Waals surface area contributed by atoms with Gasteiger partial charge in [-0.3, -0.25) is 15.0 Å². The third-order valence-corrected chi connectivity index (χ3v) is 2.66. The van der Waals surface area contributed by atoms with E-state index in [2.05, 4.69) is 16.2 Å². The van der Waals surface area contributed by atoms with Crippen LogP contribution in [0.5, 0.6) is 0 Å². The maximum absolute atomic E-state index is 11.7. The lowest BCUT2D eigenvalue weighted by molar-refractivity contribution is -0.121. The van der Waals surface area contributed by atoms with Crippen molar-refractivity contribution >= 4 is 34.8 Å². The highest BCUT2D eigenvalue weighted by molar-refractivity contribution is 6.34. The first-order valence-corrected chi connectivity index (χ1v) is 5.34. The summed E-state index contributed by atoms with van der Waals surface area (Å²) < 4.78 is 0. The van der Waals surface area contributed by atoms with Crippen molar-refractivity contribution in [2.45, 2.75) is 12.5 Å². The second-order valence-corrected chi connectivity index (χ2v) is 4.08. The summed E-state index contributed by atoms with van der Waals surface area (Å²) in [7, 11) is 0. The van der Waals surface area contributed by atoms with E-state index in [-0.39, 0.29) is 18.2 Å². The van der Waals surface area contributed by atoms with Gasteiger partial charge in [0.15, 0.2) is 0 Å². The quantitative estimate of drug-likeness (QED) is 0.569. The molecule has 0 aliphatic carbocycles. The van der Waals surface area contributed by atoms with Crippen LogP contribution in [0.3, 0.4) is 0 Å². The van der Waals surface area contributed by atoms with Crippen LogP contribution in [-0.2, 0) is 9.59 Å². The van der Waals surface area contributed by atoms with Gasteiger partial charge in [0, 0.05) is 5.69 Å². The van der Waals surface area contributed by atoms with E-state index in [0.717, 1.165) is 0 Å². The van der Waals surface area contributed by atoms with Crippen molar-refractivity contribution in [3.8, 4) is 0 Å². The van der Waals surface area contributed by atoms with Crippen LogP contribution in [0.1, 0.15) is 6.42 Å². The number of carbonyl (C=O) groups excluding carboxylic acids is 2. The van der Waals surface area contributed by atoms with Crippen molar-refractivity contribution in [2.24, 2.45) is 0 Å². The lowest BCUT2D eigenvalue weighted by Crippen LogP contribution is -2.39. The van der Waals surface area contributed by atoms with Gasteiger partial charge in [0.05, 0.1) is 17.1 Å². The Balaban J connectivity index is 2.05. The largest absolute Gasteiger partial charge is 0.399 e. The third-order valence-electron chi connectivity index (χ3n) is 2.34. The van der Waals surface area contributed by atoms with Crippen LogP contribution in [0.25, 0.3) is 0 Å². The molecule has 1 aliphatic heterocycles. The standard InChI is InChI=1S/C10H11ClN4O2/c11-6-3-5(12)1-2-7(6)13-10(17)8-4-9(16)15-14-8/h1-3,8,14H,4,12H2,(H,13,17)(H,15,16). The number of hydrazine groups is 1. The number of amides is 2. The number of nitrogens with two attached hydrogens (primary N) is 1. The van der Waals surface area contributed by atoms with E-state index in [1.165, 1.54) is 0 Å². The summed E-state index contributed by atoms with van der Waals surface area (Å²) in [4.78, 5) is 22.7. The third kappa shape index (κ3) is 2.66. The fourth-order valence-electron chi connectivity index (χ4n) is 1.47. The summed E-state index contributed by atoms with van der Waals surface area (Å²) in [5.41, 5.74) is 11.5. The van der Waals surface area contributed by atoms with E-state index in [0.29, 0.717) is 16.4 Å². The molecule has 0 spiro atoms. The van der Waals surface area contributed by atoms with Crippen molar-refractivity contribution in [2.75, 3.05) is 11.1 Å². The maximum Gasteiger partial charge on any atom is 0.243 e. The fraction of sp³-hybridized carbons (Fsp3) is 0.200. The highest BCUT2D eigenvalue weighted by Gasteiger charge is 2.27. The van der Waals surface area contributed by atoms with Crippen LogP contribution >= 0.6 is 11.6 Å². The molecule has 1 aromatic rings. The van der Waals surface area contributed by atoms with Crippen molar-refractivity contribution < 1.29 is 9.59 Å². The number of hydrogen-bond donors (Lipinski definition) is 4. The van der Waals surface area contributed by atoms with Gasteiger partial charge < -0.3 is 11.1 Å². The molecule has 90 valence electrons. The van der Waals surface area contributed by atoms with E-state index >= 15 is 0 Å². The average molecular weight is 255 g/mol. The van der Waals surface area contributed by atoms with Crippen molar-refractivity contribution in [1.82, 2.24) is 10.9 Å². The zero-order valence-electron chi connectivity index (χ0n) is 8.79. The summed E-state index contributed by atoms with van der Waals surface area (Å²) in [6, 6.07) is 4.20. The van der Waals surface area contributed by atoms with Gasteiger partial charge in [-0.1, -0.05) is 11.6 Å². The molecule has 0 aromatic heterocycles.